The Morgan fingerprint density at radius 1 is 1.17 bits per heavy atom. The van der Waals surface area contributed by atoms with E-state index in [2.05, 4.69) is 5.32 Å². The standard InChI is InChI=1S/C34H44N4O8S/c1-21-7-9-23(10-8-21)28-27(29(39)35-5)25-19-24(22-11-12-22)26(36-30(25)45-28)20-38(47(43)44)16-6-13-34(31(40)41)14-17-37(18-15-34)32(42)46-33(2,3)4/h7-10,19,22H,6,11-18,20H2,1-5H3,(H,35,39)(H,40,41)(H,43,44). The molecular weight excluding hydrogens is 624 g/mol. The van der Waals surface area contributed by atoms with E-state index < -0.39 is 34.3 Å². The second-order valence-corrected chi connectivity index (χ2v) is 14.6. The largest absolute Gasteiger partial charge is 0.481 e. The van der Waals surface area contributed by atoms with Crippen LogP contribution in [-0.4, -0.2) is 78.3 Å². The van der Waals surface area contributed by atoms with E-state index in [0.717, 1.165) is 29.5 Å². The number of carboxylic acids is 1. The molecule has 13 heteroatoms. The van der Waals surface area contributed by atoms with Crippen molar-refractivity contribution >= 4 is 40.3 Å². The van der Waals surface area contributed by atoms with E-state index in [4.69, 9.17) is 14.1 Å². The van der Waals surface area contributed by atoms with Crippen molar-refractivity contribution in [3.8, 4) is 11.3 Å². The number of aromatic nitrogens is 1. The van der Waals surface area contributed by atoms with Gasteiger partial charge in [-0.25, -0.2) is 14.0 Å². The third kappa shape index (κ3) is 7.85. The number of carbonyl (C=O) groups excluding carboxylic acids is 2. The minimum Gasteiger partial charge on any atom is -0.481 e. The van der Waals surface area contributed by atoms with Gasteiger partial charge in [-0.1, -0.05) is 29.8 Å². The molecular formula is C34H44N4O8S. The van der Waals surface area contributed by atoms with Crippen molar-refractivity contribution in [1.29, 1.82) is 0 Å². The molecule has 47 heavy (non-hydrogen) atoms. The number of nitrogens with one attached hydrogen (secondary N) is 1. The van der Waals surface area contributed by atoms with E-state index in [9.17, 15) is 28.3 Å². The molecule has 1 unspecified atom stereocenters. The Kier molecular flexibility index (Phi) is 10.1. The van der Waals surface area contributed by atoms with E-state index >= 15 is 0 Å². The molecule has 12 nitrogen and oxygen atoms in total. The fourth-order valence-corrected chi connectivity index (χ4v) is 6.71. The Morgan fingerprint density at radius 2 is 1.83 bits per heavy atom. The van der Waals surface area contributed by atoms with Gasteiger partial charge >= 0.3 is 12.1 Å². The van der Waals surface area contributed by atoms with Gasteiger partial charge in [0, 0.05) is 32.2 Å². The fraction of sp³-hybridized carbons (Fsp3) is 0.529. The number of fused-ring (bicyclic) bond motifs is 1. The van der Waals surface area contributed by atoms with Crippen LogP contribution in [0.3, 0.4) is 0 Å². The molecule has 1 aliphatic carbocycles. The van der Waals surface area contributed by atoms with Gasteiger partial charge in [-0.2, -0.15) is 4.31 Å². The van der Waals surface area contributed by atoms with Gasteiger partial charge in [-0.3, -0.25) is 14.1 Å². The average molecular weight is 669 g/mol. The van der Waals surface area contributed by atoms with Crippen molar-refractivity contribution in [1.82, 2.24) is 19.5 Å². The first kappa shape index (κ1) is 34.5. The van der Waals surface area contributed by atoms with E-state index in [1.54, 1.807) is 27.8 Å². The molecule has 2 fully saturated rings. The molecule has 0 spiro atoms. The van der Waals surface area contributed by atoms with Crippen molar-refractivity contribution in [2.24, 2.45) is 5.41 Å². The SMILES string of the molecule is CNC(=O)c1c(-c2ccc(C)cc2)oc2nc(CN(CCCC3(C(=O)O)CCN(C(=O)OC(C)(C)C)CC3)S(=O)O)c(C3CC3)cc12. The van der Waals surface area contributed by atoms with E-state index in [1.165, 1.54) is 9.21 Å². The third-order valence-corrected chi connectivity index (χ3v) is 9.77. The fourth-order valence-electron chi connectivity index (χ4n) is 6.20. The first-order valence-corrected chi connectivity index (χ1v) is 17.1. The van der Waals surface area contributed by atoms with Crippen LogP contribution in [0, 0.1) is 12.3 Å². The van der Waals surface area contributed by atoms with Crippen LogP contribution in [0.25, 0.3) is 22.4 Å². The summed E-state index contributed by atoms with van der Waals surface area (Å²) < 4.78 is 35.9. The Morgan fingerprint density at radius 3 is 2.38 bits per heavy atom. The molecule has 1 aromatic carbocycles. The van der Waals surface area contributed by atoms with E-state index in [0.29, 0.717) is 28.8 Å². The lowest BCUT2D eigenvalue weighted by atomic mass is 9.75. The maximum atomic E-state index is 13.1. The monoisotopic (exact) mass is 668 g/mol. The van der Waals surface area contributed by atoms with Gasteiger partial charge < -0.3 is 24.5 Å². The number of pyridine rings is 1. The Bertz CT molecular complexity index is 1670. The zero-order valence-corrected chi connectivity index (χ0v) is 28.4. The summed E-state index contributed by atoms with van der Waals surface area (Å²) >= 11 is -2.35. The highest BCUT2D eigenvalue weighted by Crippen LogP contribution is 2.44. The molecule has 254 valence electrons. The van der Waals surface area contributed by atoms with Crippen LogP contribution in [0.4, 0.5) is 4.79 Å². The first-order valence-electron chi connectivity index (χ1n) is 16.0. The number of nitrogens with zero attached hydrogens (tertiary/aromatic N) is 3. The van der Waals surface area contributed by atoms with Crippen LogP contribution in [0.1, 0.15) is 92.4 Å². The summed E-state index contributed by atoms with van der Waals surface area (Å²) in [6.45, 7) is 8.07. The van der Waals surface area contributed by atoms with Gasteiger partial charge in [0.2, 0.25) is 17.0 Å². The molecule has 0 bridgehead atoms. The van der Waals surface area contributed by atoms with Gasteiger partial charge in [0.05, 0.1) is 28.6 Å². The minimum atomic E-state index is -2.35. The Labute approximate surface area is 277 Å². The number of furan rings is 1. The Hall–Kier alpha value is -3.81. The van der Waals surface area contributed by atoms with Gasteiger partial charge in [0.25, 0.3) is 5.91 Å². The van der Waals surface area contributed by atoms with E-state index in [-0.39, 0.29) is 63.0 Å². The quantitative estimate of drug-likeness (QED) is 0.212. The van der Waals surface area contributed by atoms with Crippen LogP contribution >= 0.6 is 0 Å². The molecule has 3 N–H and O–H groups in total. The summed E-state index contributed by atoms with van der Waals surface area (Å²) in [5.74, 6) is -0.602. The molecule has 3 aromatic rings. The minimum absolute atomic E-state index is 0.0489. The summed E-state index contributed by atoms with van der Waals surface area (Å²) in [5.41, 5.74) is 2.28. The van der Waals surface area contributed by atoms with Crippen LogP contribution in [0.5, 0.6) is 0 Å². The van der Waals surface area contributed by atoms with E-state index in [1.807, 2.05) is 37.3 Å². The third-order valence-electron chi connectivity index (χ3n) is 9.02. The Balaban J connectivity index is 1.35. The van der Waals surface area contributed by atoms with Crippen LogP contribution < -0.4 is 5.32 Å². The first-order chi connectivity index (χ1) is 22.2. The van der Waals surface area contributed by atoms with Gasteiger partial charge in [0.1, 0.15) is 11.4 Å². The molecule has 2 amide bonds. The molecule has 1 atom stereocenters. The molecule has 1 aliphatic heterocycles. The molecule has 1 saturated carbocycles. The number of rotatable bonds is 11. The summed E-state index contributed by atoms with van der Waals surface area (Å²) in [7, 11) is 1.57. The predicted octanol–water partition coefficient (Wildman–Crippen LogP) is 5.86. The highest BCUT2D eigenvalue weighted by molar-refractivity contribution is 7.76. The molecule has 5 rings (SSSR count). The predicted molar refractivity (Wildman–Crippen MR) is 177 cm³/mol. The number of ether oxygens (including phenoxy) is 1. The maximum absolute atomic E-state index is 13.1. The van der Waals surface area contributed by atoms with Crippen molar-refractivity contribution < 1.29 is 37.4 Å². The summed E-state index contributed by atoms with van der Waals surface area (Å²) in [6, 6.07) is 9.60. The van der Waals surface area contributed by atoms with Crippen molar-refractivity contribution in [2.75, 3.05) is 26.7 Å². The second-order valence-electron chi connectivity index (χ2n) is 13.7. The summed E-state index contributed by atoms with van der Waals surface area (Å²) in [5, 5.41) is 13.5. The lowest BCUT2D eigenvalue weighted by Crippen LogP contribution is -2.48. The molecule has 3 heterocycles. The van der Waals surface area contributed by atoms with Crippen molar-refractivity contribution in [3.05, 3.63) is 52.7 Å². The molecule has 1 saturated heterocycles. The summed E-state index contributed by atoms with van der Waals surface area (Å²) in [6.07, 6.45) is 2.61. The number of aliphatic carboxylic acids is 1. The number of aryl methyl sites for hydroxylation is 1. The van der Waals surface area contributed by atoms with Crippen molar-refractivity contribution in [3.63, 3.8) is 0 Å². The van der Waals surface area contributed by atoms with Gasteiger partial charge in [-0.05, 0) is 83.8 Å². The normalized spacial score (nSPS) is 17.1. The zero-order chi connectivity index (χ0) is 34.1. The number of hydrogen-bond acceptors (Lipinski definition) is 7. The highest BCUT2D eigenvalue weighted by atomic mass is 32.2. The second kappa shape index (κ2) is 13.7. The number of amides is 2. The number of carboxylic acid groups (broad SMARTS) is 1. The lowest BCUT2D eigenvalue weighted by molar-refractivity contribution is -0.152. The number of benzene rings is 1. The number of likely N-dealkylation sites (tertiary alicyclic amines) is 1. The molecule has 2 aromatic heterocycles. The highest BCUT2D eigenvalue weighted by Gasteiger charge is 2.43. The molecule has 0 radical (unpaired) electrons. The number of hydrogen-bond donors (Lipinski definition) is 3. The van der Waals surface area contributed by atoms with Crippen LogP contribution in [-0.2, 0) is 27.3 Å². The number of carbonyl (C=O) groups is 3. The molecule has 2 aliphatic rings. The van der Waals surface area contributed by atoms with Crippen molar-refractivity contribution in [2.45, 2.75) is 84.3 Å². The maximum Gasteiger partial charge on any atom is 0.410 e. The smallest absolute Gasteiger partial charge is 0.410 e. The van der Waals surface area contributed by atoms with Crippen LogP contribution in [0.15, 0.2) is 34.7 Å². The zero-order valence-electron chi connectivity index (χ0n) is 27.6. The van der Waals surface area contributed by atoms with Gasteiger partial charge in [-0.15, -0.1) is 0 Å². The lowest BCUT2D eigenvalue weighted by Gasteiger charge is -2.39. The van der Waals surface area contributed by atoms with Gasteiger partial charge in [0.15, 0.2) is 0 Å². The average Bonchev–Trinajstić information content (AvgIpc) is 3.79. The summed E-state index contributed by atoms with van der Waals surface area (Å²) in [4.78, 5) is 44.4. The number of piperidine rings is 1. The van der Waals surface area contributed by atoms with Crippen LogP contribution in [0.2, 0.25) is 0 Å². The topological polar surface area (TPSA) is 163 Å².